The molecule has 1 unspecified atom stereocenters. The van der Waals surface area contributed by atoms with Crippen LogP contribution in [-0.2, 0) is 14.4 Å². The maximum absolute atomic E-state index is 12.1. The summed E-state index contributed by atoms with van der Waals surface area (Å²) in [5, 5.41) is 19.7. The third kappa shape index (κ3) is 4.19. The first-order valence-electron chi connectivity index (χ1n) is 7.33. The Kier molecular flexibility index (Phi) is 5.67. The third-order valence-electron chi connectivity index (χ3n) is 3.33. The molecule has 2 rings (SSSR count). The molecule has 0 fully saturated rings. The lowest BCUT2D eigenvalue weighted by atomic mass is 10.1. The van der Waals surface area contributed by atoms with E-state index in [-0.39, 0.29) is 24.6 Å². The summed E-state index contributed by atoms with van der Waals surface area (Å²) in [6.07, 6.45) is 1.49. The summed E-state index contributed by atoms with van der Waals surface area (Å²) >= 11 is 0. The summed E-state index contributed by atoms with van der Waals surface area (Å²) in [6.45, 7) is 3.56. The molecule has 126 valence electrons. The molecule has 0 spiro atoms. The zero-order valence-electron chi connectivity index (χ0n) is 12.9. The van der Waals surface area contributed by atoms with Crippen LogP contribution in [0.2, 0.25) is 0 Å². The molecule has 3 N–H and O–H groups in total. The number of hydrogen-bond acceptors (Lipinski definition) is 5. The SMILES string of the molecule is C=CCNC(=O)CNC(=O)C1=NN(c2ccccc2)C(C(=O)O)C1. The predicted octanol–water partition coefficient (Wildman–Crippen LogP) is 0.124. The number of amides is 2. The molecular formula is C16H18N4O4. The van der Waals surface area contributed by atoms with Crippen LogP contribution in [0.4, 0.5) is 5.69 Å². The normalized spacial score (nSPS) is 16.2. The molecule has 0 bridgehead atoms. The third-order valence-corrected chi connectivity index (χ3v) is 3.33. The number of nitrogens with zero attached hydrogens (tertiary/aromatic N) is 2. The number of aliphatic carboxylic acids is 1. The van der Waals surface area contributed by atoms with E-state index in [4.69, 9.17) is 0 Å². The molecule has 1 heterocycles. The van der Waals surface area contributed by atoms with Gasteiger partial charge in [0.05, 0.1) is 12.2 Å². The van der Waals surface area contributed by atoms with Crippen molar-refractivity contribution < 1.29 is 19.5 Å². The first-order valence-corrected chi connectivity index (χ1v) is 7.33. The Hall–Kier alpha value is -3.16. The van der Waals surface area contributed by atoms with Crippen molar-refractivity contribution in [2.24, 2.45) is 5.10 Å². The topological polar surface area (TPSA) is 111 Å². The zero-order chi connectivity index (χ0) is 17.5. The Morgan fingerprint density at radius 3 is 2.62 bits per heavy atom. The molecule has 0 aromatic heterocycles. The van der Waals surface area contributed by atoms with Crippen LogP contribution in [0, 0.1) is 0 Å². The Morgan fingerprint density at radius 1 is 1.29 bits per heavy atom. The molecule has 24 heavy (non-hydrogen) atoms. The Bertz CT molecular complexity index is 672. The molecule has 0 aliphatic carbocycles. The highest BCUT2D eigenvalue weighted by atomic mass is 16.4. The molecule has 8 heteroatoms. The summed E-state index contributed by atoms with van der Waals surface area (Å²) in [6, 6.07) is 7.78. The van der Waals surface area contributed by atoms with Crippen LogP contribution in [0.5, 0.6) is 0 Å². The van der Waals surface area contributed by atoms with E-state index in [1.54, 1.807) is 30.3 Å². The average Bonchev–Trinajstić information content (AvgIpc) is 3.04. The van der Waals surface area contributed by atoms with Gasteiger partial charge in [-0.2, -0.15) is 5.10 Å². The molecule has 1 aromatic rings. The summed E-state index contributed by atoms with van der Waals surface area (Å²) in [5.41, 5.74) is 0.652. The van der Waals surface area contributed by atoms with Gasteiger partial charge in [-0.1, -0.05) is 24.3 Å². The van der Waals surface area contributed by atoms with E-state index >= 15 is 0 Å². The first kappa shape index (κ1) is 17.2. The van der Waals surface area contributed by atoms with Gasteiger partial charge in [-0.05, 0) is 12.1 Å². The maximum Gasteiger partial charge on any atom is 0.328 e. The van der Waals surface area contributed by atoms with Gasteiger partial charge >= 0.3 is 5.97 Å². The molecule has 1 aliphatic heterocycles. The van der Waals surface area contributed by atoms with Gasteiger partial charge in [0.1, 0.15) is 5.71 Å². The van der Waals surface area contributed by atoms with Gasteiger partial charge in [0.25, 0.3) is 5.91 Å². The molecule has 1 aromatic carbocycles. The van der Waals surface area contributed by atoms with E-state index < -0.39 is 17.9 Å². The Morgan fingerprint density at radius 2 is 2.00 bits per heavy atom. The summed E-state index contributed by atoms with van der Waals surface area (Å²) < 4.78 is 0. The van der Waals surface area contributed by atoms with Crippen LogP contribution in [-0.4, -0.2) is 47.7 Å². The second-order valence-electron chi connectivity index (χ2n) is 5.06. The second-order valence-corrected chi connectivity index (χ2v) is 5.06. The molecule has 1 aliphatic rings. The fraction of sp³-hybridized carbons (Fsp3) is 0.250. The number of carboxylic acids is 1. The van der Waals surface area contributed by atoms with Crippen LogP contribution in [0.1, 0.15) is 6.42 Å². The van der Waals surface area contributed by atoms with Crippen LogP contribution >= 0.6 is 0 Å². The number of anilines is 1. The minimum absolute atomic E-state index is 0.0374. The minimum Gasteiger partial charge on any atom is -0.480 e. The van der Waals surface area contributed by atoms with E-state index in [9.17, 15) is 19.5 Å². The van der Waals surface area contributed by atoms with Crippen LogP contribution in [0.15, 0.2) is 48.1 Å². The predicted molar refractivity (Wildman–Crippen MR) is 88.6 cm³/mol. The fourth-order valence-electron chi connectivity index (χ4n) is 2.17. The number of rotatable bonds is 7. The maximum atomic E-state index is 12.1. The standard InChI is InChI=1S/C16H18N4O4/c1-2-8-17-14(21)10-18-15(22)12-9-13(16(23)24)20(19-12)11-6-4-3-5-7-11/h2-7,13H,1,8-10H2,(H,17,21)(H,18,22)(H,23,24). The second kappa shape index (κ2) is 7.91. The molecular weight excluding hydrogens is 312 g/mol. The smallest absolute Gasteiger partial charge is 0.328 e. The highest BCUT2D eigenvalue weighted by Gasteiger charge is 2.36. The molecule has 0 radical (unpaired) electrons. The van der Waals surface area contributed by atoms with E-state index in [0.717, 1.165) is 0 Å². The average molecular weight is 330 g/mol. The summed E-state index contributed by atoms with van der Waals surface area (Å²) in [7, 11) is 0. The molecule has 2 amide bonds. The lowest BCUT2D eigenvalue weighted by Gasteiger charge is -2.19. The Balaban J connectivity index is 2.04. The zero-order valence-corrected chi connectivity index (χ0v) is 12.9. The number of carbonyl (C=O) groups is 3. The lowest BCUT2D eigenvalue weighted by Crippen LogP contribution is -2.40. The van der Waals surface area contributed by atoms with Crippen molar-refractivity contribution >= 4 is 29.2 Å². The monoisotopic (exact) mass is 330 g/mol. The van der Waals surface area contributed by atoms with E-state index in [1.807, 2.05) is 0 Å². The Labute approximate surface area is 138 Å². The number of nitrogens with one attached hydrogen (secondary N) is 2. The summed E-state index contributed by atoms with van der Waals surface area (Å²) in [4.78, 5) is 35.0. The number of para-hydroxylation sites is 1. The van der Waals surface area contributed by atoms with Gasteiger partial charge in [-0.25, -0.2) is 4.79 Å². The van der Waals surface area contributed by atoms with Crippen molar-refractivity contribution in [3.05, 3.63) is 43.0 Å². The molecule has 1 atom stereocenters. The minimum atomic E-state index is -1.07. The number of hydrazone groups is 1. The lowest BCUT2D eigenvalue weighted by molar-refractivity contribution is -0.138. The van der Waals surface area contributed by atoms with Crippen molar-refractivity contribution in [2.75, 3.05) is 18.1 Å². The summed E-state index contributed by atoms with van der Waals surface area (Å²) in [5.74, 6) is -2.00. The largest absolute Gasteiger partial charge is 0.480 e. The van der Waals surface area contributed by atoms with Gasteiger partial charge in [0.2, 0.25) is 5.91 Å². The van der Waals surface area contributed by atoms with Crippen molar-refractivity contribution in [3.63, 3.8) is 0 Å². The molecule has 8 nitrogen and oxygen atoms in total. The van der Waals surface area contributed by atoms with Crippen LogP contribution < -0.4 is 15.6 Å². The van der Waals surface area contributed by atoms with Crippen molar-refractivity contribution in [3.8, 4) is 0 Å². The number of hydrogen-bond donors (Lipinski definition) is 3. The van der Waals surface area contributed by atoms with Gasteiger partial charge < -0.3 is 15.7 Å². The van der Waals surface area contributed by atoms with Crippen molar-refractivity contribution in [1.82, 2.24) is 10.6 Å². The molecule has 0 saturated heterocycles. The number of benzene rings is 1. The number of carbonyl (C=O) groups excluding carboxylic acids is 2. The van der Waals surface area contributed by atoms with E-state index in [1.165, 1.54) is 11.1 Å². The van der Waals surface area contributed by atoms with Crippen LogP contribution in [0.3, 0.4) is 0 Å². The fourth-order valence-corrected chi connectivity index (χ4v) is 2.17. The van der Waals surface area contributed by atoms with Crippen molar-refractivity contribution in [2.45, 2.75) is 12.5 Å². The van der Waals surface area contributed by atoms with E-state index in [0.29, 0.717) is 12.2 Å². The van der Waals surface area contributed by atoms with Gasteiger partial charge in [0, 0.05) is 13.0 Å². The van der Waals surface area contributed by atoms with E-state index in [2.05, 4.69) is 22.3 Å². The molecule has 0 saturated carbocycles. The highest BCUT2D eigenvalue weighted by Crippen LogP contribution is 2.24. The number of carboxylic acid groups (broad SMARTS) is 1. The first-order chi connectivity index (χ1) is 11.5. The van der Waals surface area contributed by atoms with Gasteiger partial charge in [-0.3, -0.25) is 14.6 Å². The van der Waals surface area contributed by atoms with Crippen LogP contribution in [0.25, 0.3) is 0 Å². The highest BCUT2D eigenvalue weighted by molar-refractivity contribution is 6.40. The van der Waals surface area contributed by atoms with Crippen molar-refractivity contribution in [1.29, 1.82) is 0 Å². The quantitative estimate of drug-likeness (QED) is 0.615. The van der Waals surface area contributed by atoms with Gasteiger partial charge in [0.15, 0.2) is 6.04 Å². The van der Waals surface area contributed by atoms with Gasteiger partial charge in [-0.15, -0.1) is 6.58 Å².